The number of nitrogens with one attached hydrogen (secondary N) is 1. The Bertz CT molecular complexity index is 803. The number of ether oxygens (including phenoxy) is 2. The summed E-state index contributed by atoms with van der Waals surface area (Å²) in [5, 5.41) is 3.84. The van der Waals surface area contributed by atoms with Gasteiger partial charge in [-0.1, -0.05) is 29.3 Å². The number of hydrogen-bond acceptors (Lipinski definition) is 3. The molecule has 0 bridgehead atoms. The average Bonchev–Trinajstić information content (AvgIpc) is 2.99. The Hall–Kier alpha value is -2.17. The lowest BCUT2D eigenvalue weighted by atomic mass is 10.1. The Labute approximate surface area is 143 Å². The minimum atomic E-state index is -0.260. The van der Waals surface area contributed by atoms with E-state index < -0.39 is 0 Å². The lowest BCUT2D eigenvalue weighted by molar-refractivity contribution is -0.111. The van der Waals surface area contributed by atoms with Crippen LogP contribution < -0.4 is 14.8 Å². The Morgan fingerprint density at radius 3 is 2.87 bits per heavy atom. The molecule has 6 heteroatoms. The van der Waals surface area contributed by atoms with E-state index in [1.54, 1.807) is 36.4 Å². The Morgan fingerprint density at radius 2 is 2.04 bits per heavy atom. The molecular weight excluding hydrogens is 337 g/mol. The average molecular weight is 350 g/mol. The van der Waals surface area contributed by atoms with Crippen molar-refractivity contribution in [1.29, 1.82) is 0 Å². The summed E-state index contributed by atoms with van der Waals surface area (Å²) in [6, 6.07) is 8.83. The molecule has 0 radical (unpaired) electrons. The summed E-state index contributed by atoms with van der Waals surface area (Å²) in [5.74, 6) is 0.843. The summed E-state index contributed by atoms with van der Waals surface area (Å²) in [5.41, 5.74) is 2.25. The second kappa shape index (κ2) is 6.52. The molecule has 0 aromatic heterocycles. The van der Waals surface area contributed by atoms with Gasteiger partial charge in [0, 0.05) is 16.8 Å². The minimum Gasteiger partial charge on any atom is -0.454 e. The predicted molar refractivity (Wildman–Crippen MR) is 91.4 cm³/mol. The molecule has 23 heavy (non-hydrogen) atoms. The number of hydrogen-bond donors (Lipinski definition) is 1. The van der Waals surface area contributed by atoms with Gasteiger partial charge in [-0.2, -0.15) is 0 Å². The van der Waals surface area contributed by atoms with Crippen LogP contribution in [0.5, 0.6) is 11.5 Å². The van der Waals surface area contributed by atoms with E-state index in [0.29, 0.717) is 27.2 Å². The number of carbonyl (C=O) groups excluding carboxylic acids is 1. The number of fused-ring (bicyclic) bond motifs is 1. The molecule has 2 aromatic carbocycles. The van der Waals surface area contributed by atoms with E-state index >= 15 is 0 Å². The number of amides is 1. The molecule has 3 rings (SSSR count). The normalized spacial score (nSPS) is 12.7. The van der Waals surface area contributed by atoms with Crippen molar-refractivity contribution < 1.29 is 14.3 Å². The zero-order valence-corrected chi connectivity index (χ0v) is 13.7. The zero-order valence-electron chi connectivity index (χ0n) is 12.2. The third kappa shape index (κ3) is 3.44. The van der Waals surface area contributed by atoms with E-state index in [-0.39, 0.29) is 12.7 Å². The van der Waals surface area contributed by atoms with Gasteiger partial charge >= 0.3 is 0 Å². The Kier molecular flexibility index (Phi) is 4.46. The van der Waals surface area contributed by atoms with Crippen LogP contribution in [0.4, 0.5) is 5.69 Å². The fraction of sp³-hybridized carbons (Fsp3) is 0.118. The molecule has 1 aliphatic heterocycles. The Balaban J connectivity index is 1.74. The number of rotatable bonds is 3. The lowest BCUT2D eigenvalue weighted by Gasteiger charge is -2.07. The number of benzene rings is 2. The molecule has 0 spiro atoms. The summed E-state index contributed by atoms with van der Waals surface area (Å²) >= 11 is 12.1. The van der Waals surface area contributed by atoms with Crippen LogP contribution in [0.2, 0.25) is 10.0 Å². The number of carbonyl (C=O) groups is 1. The molecule has 118 valence electrons. The number of halogens is 2. The van der Waals surface area contributed by atoms with Crippen LogP contribution >= 0.6 is 23.2 Å². The van der Waals surface area contributed by atoms with E-state index in [9.17, 15) is 4.79 Å². The largest absolute Gasteiger partial charge is 0.454 e. The van der Waals surface area contributed by atoms with Crippen LogP contribution in [0, 0.1) is 6.92 Å². The highest BCUT2D eigenvalue weighted by molar-refractivity contribution is 6.32. The fourth-order valence-electron chi connectivity index (χ4n) is 2.17. The summed E-state index contributed by atoms with van der Waals surface area (Å²) < 4.78 is 10.5. The first-order valence-electron chi connectivity index (χ1n) is 6.88. The number of anilines is 1. The van der Waals surface area contributed by atoms with E-state index in [4.69, 9.17) is 32.7 Å². The van der Waals surface area contributed by atoms with E-state index in [2.05, 4.69) is 5.32 Å². The maximum Gasteiger partial charge on any atom is 0.248 e. The summed E-state index contributed by atoms with van der Waals surface area (Å²) in [6.45, 7) is 2.00. The molecule has 0 fully saturated rings. The molecule has 0 atom stereocenters. The van der Waals surface area contributed by atoms with Crippen LogP contribution in [0.15, 0.2) is 36.4 Å². The minimum absolute atomic E-state index is 0.150. The van der Waals surface area contributed by atoms with Crippen molar-refractivity contribution in [1.82, 2.24) is 0 Å². The first kappa shape index (κ1) is 15.7. The lowest BCUT2D eigenvalue weighted by Crippen LogP contribution is -2.08. The van der Waals surface area contributed by atoms with Crippen LogP contribution in [0.3, 0.4) is 0 Å². The quantitative estimate of drug-likeness (QED) is 0.818. The zero-order chi connectivity index (χ0) is 16.4. The van der Waals surface area contributed by atoms with Crippen LogP contribution in [-0.2, 0) is 4.79 Å². The van der Waals surface area contributed by atoms with Gasteiger partial charge in [0.15, 0.2) is 11.5 Å². The van der Waals surface area contributed by atoms with Gasteiger partial charge in [-0.05, 0) is 48.4 Å². The maximum absolute atomic E-state index is 12.0. The summed E-state index contributed by atoms with van der Waals surface area (Å²) in [6.07, 6.45) is 3.08. The fourth-order valence-corrected chi connectivity index (χ4v) is 2.62. The van der Waals surface area contributed by atoms with Crippen molar-refractivity contribution >= 4 is 40.9 Å². The highest BCUT2D eigenvalue weighted by Crippen LogP contribution is 2.40. The second-order valence-corrected chi connectivity index (χ2v) is 5.79. The molecule has 0 saturated heterocycles. The molecule has 0 unspecified atom stereocenters. The van der Waals surface area contributed by atoms with Crippen molar-refractivity contribution in [2.45, 2.75) is 6.92 Å². The molecule has 1 amide bonds. The van der Waals surface area contributed by atoms with E-state index in [1.165, 1.54) is 6.08 Å². The smallest absolute Gasteiger partial charge is 0.248 e. The third-order valence-corrected chi connectivity index (χ3v) is 4.09. The van der Waals surface area contributed by atoms with Gasteiger partial charge < -0.3 is 14.8 Å². The van der Waals surface area contributed by atoms with Crippen LogP contribution in [0.25, 0.3) is 6.08 Å². The second-order valence-electron chi connectivity index (χ2n) is 4.97. The van der Waals surface area contributed by atoms with Crippen LogP contribution in [0.1, 0.15) is 11.1 Å². The molecule has 4 nitrogen and oxygen atoms in total. The molecule has 1 aliphatic rings. The first-order valence-corrected chi connectivity index (χ1v) is 7.63. The molecular formula is C17H13Cl2NO3. The van der Waals surface area contributed by atoms with Gasteiger partial charge in [-0.25, -0.2) is 0 Å². The van der Waals surface area contributed by atoms with Crippen molar-refractivity contribution in [2.75, 3.05) is 12.1 Å². The SMILES string of the molecule is Cc1c(Cl)cccc1NC(=O)/C=C/c1cc(Cl)c2c(c1)OCO2. The van der Waals surface area contributed by atoms with Crippen LogP contribution in [-0.4, -0.2) is 12.7 Å². The summed E-state index contributed by atoms with van der Waals surface area (Å²) in [7, 11) is 0. The topological polar surface area (TPSA) is 47.6 Å². The highest BCUT2D eigenvalue weighted by Gasteiger charge is 2.17. The van der Waals surface area contributed by atoms with Gasteiger partial charge in [0.25, 0.3) is 0 Å². The highest BCUT2D eigenvalue weighted by atomic mass is 35.5. The van der Waals surface area contributed by atoms with E-state index in [1.807, 2.05) is 6.92 Å². The van der Waals surface area contributed by atoms with Gasteiger partial charge in [-0.15, -0.1) is 0 Å². The molecule has 2 aromatic rings. The third-order valence-electron chi connectivity index (χ3n) is 3.40. The Morgan fingerprint density at radius 1 is 1.22 bits per heavy atom. The van der Waals surface area contributed by atoms with Gasteiger partial charge in [0.2, 0.25) is 12.7 Å². The monoisotopic (exact) mass is 349 g/mol. The van der Waals surface area contributed by atoms with Gasteiger partial charge in [0.05, 0.1) is 5.02 Å². The van der Waals surface area contributed by atoms with Crippen molar-refractivity contribution in [3.05, 3.63) is 57.6 Å². The molecule has 1 heterocycles. The first-order chi connectivity index (χ1) is 11.0. The standard InChI is InChI=1S/C17H13Cl2NO3/c1-10-12(18)3-2-4-14(10)20-16(21)6-5-11-7-13(19)17-15(8-11)22-9-23-17/h2-8H,9H2,1H3,(H,20,21)/b6-5+. The van der Waals surface area contributed by atoms with E-state index in [0.717, 1.165) is 11.1 Å². The molecule has 1 N–H and O–H groups in total. The van der Waals surface area contributed by atoms with Gasteiger partial charge in [-0.3, -0.25) is 4.79 Å². The van der Waals surface area contributed by atoms with Crippen molar-refractivity contribution in [2.24, 2.45) is 0 Å². The molecule has 0 saturated carbocycles. The van der Waals surface area contributed by atoms with Crippen molar-refractivity contribution in [3.63, 3.8) is 0 Å². The predicted octanol–water partition coefficient (Wildman–Crippen LogP) is 4.68. The maximum atomic E-state index is 12.0. The summed E-state index contributed by atoms with van der Waals surface area (Å²) in [4.78, 5) is 12.0. The van der Waals surface area contributed by atoms with Crippen molar-refractivity contribution in [3.8, 4) is 11.5 Å². The van der Waals surface area contributed by atoms with Gasteiger partial charge in [0.1, 0.15) is 0 Å². The molecule has 0 aliphatic carbocycles.